The van der Waals surface area contributed by atoms with Crippen LogP contribution in [-0.4, -0.2) is 44.8 Å². The molecule has 5 heteroatoms. The minimum Gasteiger partial charge on any atom is -0.493 e. The number of methoxy groups -OCH3 is 2. The van der Waals surface area contributed by atoms with E-state index in [1.807, 2.05) is 23.1 Å². The number of rotatable bonds is 5. The highest BCUT2D eigenvalue weighted by Gasteiger charge is 2.16. The van der Waals surface area contributed by atoms with Gasteiger partial charge >= 0.3 is 6.03 Å². The zero-order valence-electron chi connectivity index (χ0n) is 11.4. The summed E-state index contributed by atoms with van der Waals surface area (Å²) in [6.45, 7) is 2.34. The summed E-state index contributed by atoms with van der Waals surface area (Å²) < 4.78 is 10.5. The first-order valence-corrected chi connectivity index (χ1v) is 6.48. The maximum Gasteiger partial charge on any atom is 0.317 e. The number of carbonyl (C=O) groups excluding carboxylic acids is 1. The Bertz CT molecular complexity index is 448. The zero-order chi connectivity index (χ0) is 13.7. The van der Waals surface area contributed by atoms with E-state index in [2.05, 4.69) is 5.32 Å². The van der Waals surface area contributed by atoms with Crippen molar-refractivity contribution in [1.82, 2.24) is 10.2 Å². The minimum absolute atomic E-state index is 0.0340. The van der Waals surface area contributed by atoms with Crippen molar-refractivity contribution in [3.63, 3.8) is 0 Å². The summed E-state index contributed by atoms with van der Waals surface area (Å²) in [5.41, 5.74) is 1.14. The average Bonchev–Trinajstić information content (AvgIpc) is 2.46. The molecule has 1 aliphatic heterocycles. The summed E-state index contributed by atoms with van der Waals surface area (Å²) in [7, 11) is 3.25. The average molecular weight is 264 g/mol. The lowest BCUT2D eigenvalue weighted by molar-refractivity contribution is 0.187. The molecule has 1 fully saturated rings. The van der Waals surface area contributed by atoms with Crippen molar-refractivity contribution in [2.24, 2.45) is 0 Å². The second kappa shape index (κ2) is 6.31. The molecule has 1 aliphatic rings. The van der Waals surface area contributed by atoms with Gasteiger partial charge in [0.25, 0.3) is 0 Å². The molecule has 0 radical (unpaired) electrons. The van der Waals surface area contributed by atoms with Crippen molar-refractivity contribution in [3.05, 3.63) is 23.8 Å². The Hall–Kier alpha value is -1.91. The van der Waals surface area contributed by atoms with E-state index in [1.165, 1.54) is 0 Å². The number of urea groups is 1. The maximum absolute atomic E-state index is 11.6. The highest BCUT2D eigenvalue weighted by molar-refractivity contribution is 5.74. The van der Waals surface area contributed by atoms with Crippen LogP contribution in [0.15, 0.2) is 18.2 Å². The molecule has 0 unspecified atom stereocenters. The molecule has 0 atom stereocenters. The Morgan fingerprint density at radius 2 is 2.05 bits per heavy atom. The van der Waals surface area contributed by atoms with Gasteiger partial charge in [-0.15, -0.1) is 0 Å². The van der Waals surface area contributed by atoms with Gasteiger partial charge in [0.2, 0.25) is 0 Å². The standard InChI is InChI=1S/C14H20N2O3/c1-18-12-5-4-11(10-13(12)19-2)6-9-16-8-3-7-15-14(16)17/h4-5,10H,3,6-9H2,1-2H3,(H,15,17). The van der Waals surface area contributed by atoms with E-state index in [9.17, 15) is 4.79 Å². The van der Waals surface area contributed by atoms with Crippen molar-refractivity contribution >= 4 is 6.03 Å². The minimum atomic E-state index is 0.0340. The van der Waals surface area contributed by atoms with Crippen LogP contribution < -0.4 is 14.8 Å². The third-order valence-corrected chi connectivity index (χ3v) is 3.29. The van der Waals surface area contributed by atoms with Gasteiger partial charge in [0.05, 0.1) is 14.2 Å². The monoisotopic (exact) mass is 264 g/mol. The molecule has 0 aromatic heterocycles. The molecule has 1 aromatic rings. The molecule has 5 nitrogen and oxygen atoms in total. The molecular weight excluding hydrogens is 244 g/mol. The van der Waals surface area contributed by atoms with Crippen LogP contribution in [0.4, 0.5) is 4.79 Å². The summed E-state index contributed by atoms with van der Waals surface area (Å²) in [5, 5.41) is 2.85. The predicted octanol–water partition coefficient (Wildman–Crippen LogP) is 1.66. The van der Waals surface area contributed by atoms with E-state index < -0.39 is 0 Å². The van der Waals surface area contributed by atoms with Gasteiger partial charge in [0.15, 0.2) is 11.5 Å². The summed E-state index contributed by atoms with van der Waals surface area (Å²) in [6, 6.07) is 5.89. The molecule has 0 aliphatic carbocycles. The highest BCUT2D eigenvalue weighted by Crippen LogP contribution is 2.27. The Morgan fingerprint density at radius 3 is 2.74 bits per heavy atom. The van der Waals surface area contributed by atoms with Crippen LogP contribution in [-0.2, 0) is 6.42 Å². The number of ether oxygens (including phenoxy) is 2. The quantitative estimate of drug-likeness (QED) is 0.880. The lowest BCUT2D eigenvalue weighted by atomic mass is 10.1. The lowest BCUT2D eigenvalue weighted by Gasteiger charge is -2.27. The van der Waals surface area contributed by atoms with Crippen LogP contribution in [0.3, 0.4) is 0 Å². The Balaban J connectivity index is 1.97. The number of benzene rings is 1. The van der Waals surface area contributed by atoms with Crippen molar-refractivity contribution in [3.8, 4) is 11.5 Å². The third kappa shape index (κ3) is 3.30. The van der Waals surface area contributed by atoms with Crippen molar-refractivity contribution in [2.75, 3.05) is 33.9 Å². The van der Waals surface area contributed by atoms with Crippen molar-refractivity contribution in [1.29, 1.82) is 0 Å². The van der Waals surface area contributed by atoms with Crippen molar-refractivity contribution in [2.45, 2.75) is 12.8 Å². The molecule has 1 N–H and O–H groups in total. The van der Waals surface area contributed by atoms with E-state index in [4.69, 9.17) is 9.47 Å². The molecule has 0 bridgehead atoms. The number of hydrogen-bond acceptors (Lipinski definition) is 3. The second-order valence-corrected chi connectivity index (χ2v) is 4.51. The molecule has 1 aromatic carbocycles. The molecule has 1 heterocycles. The molecule has 2 amide bonds. The first kappa shape index (κ1) is 13.5. The van der Waals surface area contributed by atoms with Crippen LogP contribution in [0.5, 0.6) is 11.5 Å². The molecular formula is C14H20N2O3. The van der Waals surface area contributed by atoms with Gasteiger partial charge in [-0.3, -0.25) is 0 Å². The Morgan fingerprint density at radius 1 is 1.26 bits per heavy atom. The van der Waals surface area contributed by atoms with Crippen LogP contribution in [0.25, 0.3) is 0 Å². The van der Waals surface area contributed by atoms with Gasteiger partial charge in [-0.25, -0.2) is 4.79 Å². The van der Waals surface area contributed by atoms with Crippen LogP contribution in [0.2, 0.25) is 0 Å². The van der Waals surface area contributed by atoms with E-state index in [0.717, 1.165) is 49.5 Å². The van der Waals surface area contributed by atoms with Gasteiger partial charge < -0.3 is 19.7 Å². The zero-order valence-corrected chi connectivity index (χ0v) is 11.4. The number of hydrogen-bond donors (Lipinski definition) is 1. The molecule has 19 heavy (non-hydrogen) atoms. The van der Waals surface area contributed by atoms with E-state index in [1.54, 1.807) is 14.2 Å². The molecule has 2 rings (SSSR count). The van der Waals surface area contributed by atoms with Gasteiger partial charge in [-0.1, -0.05) is 6.07 Å². The fraction of sp³-hybridized carbons (Fsp3) is 0.500. The summed E-state index contributed by atoms with van der Waals surface area (Å²) >= 11 is 0. The summed E-state index contributed by atoms with van der Waals surface area (Å²) in [5.74, 6) is 1.45. The van der Waals surface area contributed by atoms with Gasteiger partial charge in [-0.2, -0.15) is 0 Å². The van der Waals surface area contributed by atoms with Gasteiger partial charge in [0.1, 0.15) is 0 Å². The first-order valence-electron chi connectivity index (χ1n) is 6.48. The molecule has 1 saturated heterocycles. The van der Waals surface area contributed by atoms with Gasteiger partial charge in [0, 0.05) is 19.6 Å². The Kier molecular flexibility index (Phi) is 4.49. The number of amides is 2. The van der Waals surface area contributed by atoms with Crippen LogP contribution in [0.1, 0.15) is 12.0 Å². The SMILES string of the molecule is COc1ccc(CCN2CCCNC2=O)cc1OC. The topological polar surface area (TPSA) is 50.8 Å². The molecule has 0 saturated carbocycles. The van der Waals surface area contributed by atoms with Crippen LogP contribution in [0, 0.1) is 0 Å². The largest absolute Gasteiger partial charge is 0.493 e. The smallest absolute Gasteiger partial charge is 0.317 e. The maximum atomic E-state index is 11.6. The van der Waals surface area contributed by atoms with E-state index >= 15 is 0 Å². The molecule has 0 spiro atoms. The summed E-state index contributed by atoms with van der Waals surface area (Å²) in [4.78, 5) is 13.5. The fourth-order valence-corrected chi connectivity index (χ4v) is 2.19. The van der Waals surface area contributed by atoms with Gasteiger partial charge in [-0.05, 0) is 30.5 Å². The normalized spacial score (nSPS) is 15.1. The molecule has 104 valence electrons. The lowest BCUT2D eigenvalue weighted by Crippen LogP contribution is -2.47. The predicted molar refractivity (Wildman–Crippen MR) is 72.8 cm³/mol. The summed E-state index contributed by atoms with van der Waals surface area (Å²) in [6.07, 6.45) is 1.82. The Labute approximate surface area is 113 Å². The van der Waals surface area contributed by atoms with Crippen molar-refractivity contribution < 1.29 is 14.3 Å². The first-order chi connectivity index (χ1) is 9.24. The number of nitrogens with one attached hydrogen (secondary N) is 1. The van der Waals surface area contributed by atoms with Crippen LogP contribution >= 0.6 is 0 Å². The fourth-order valence-electron chi connectivity index (χ4n) is 2.19. The number of nitrogens with zero attached hydrogens (tertiary/aromatic N) is 1. The van der Waals surface area contributed by atoms with E-state index in [0.29, 0.717) is 0 Å². The third-order valence-electron chi connectivity index (χ3n) is 3.29. The second-order valence-electron chi connectivity index (χ2n) is 4.51. The highest BCUT2D eigenvalue weighted by atomic mass is 16.5. The number of carbonyl (C=O) groups is 1. The van der Waals surface area contributed by atoms with E-state index in [-0.39, 0.29) is 6.03 Å².